The van der Waals surface area contributed by atoms with E-state index in [0.717, 1.165) is 55.4 Å². The van der Waals surface area contributed by atoms with Crippen LogP contribution in [0.5, 0.6) is 0 Å². The van der Waals surface area contributed by atoms with Crippen molar-refractivity contribution < 1.29 is 4.79 Å². The summed E-state index contributed by atoms with van der Waals surface area (Å²) in [4.78, 5) is 22.1. The number of rotatable bonds is 5. The number of hydrogen-bond donors (Lipinski definition) is 0. The highest BCUT2D eigenvalue weighted by Gasteiger charge is 2.34. The van der Waals surface area contributed by atoms with E-state index in [1.807, 2.05) is 9.42 Å². The highest BCUT2D eigenvalue weighted by molar-refractivity contribution is 5.76. The highest BCUT2D eigenvalue weighted by Crippen LogP contribution is 2.38. The van der Waals surface area contributed by atoms with Gasteiger partial charge in [-0.15, -0.1) is 0 Å². The van der Waals surface area contributed by atoms with Gasteiger partial charge < -0.3 is 4.90 Å². The second kappa shape index (κ2) is 8.29. The monoisotopic (exact) mass is 409 g/mol. The summed E-state index contributed by atoms with van der Waals surface area (Å²) in [7, 11) is 0. The van der Waals surface area contributed by atoms with Crippen LogP contribution < -0.4 is 0 Å². The van der Waals surface area contributed by atoms with Crippen molar-refractivity contribution in [3.63, 3.8) is 0 Å². The molecule has 30 heavy (non-hydrogen) atoms. The van der Waals surface area contributed by atoms with E-state index < -0.39 is 0 Å². The molecule has 2 aromatic rings. The molecule has 2 saturated heterocycles. The van der Waals surface area contributed by atoms with Gasteiger partial charge in [-0.2, -0.15) is 5.10 Å². The lowest BCUT2D eigenvalue weighted by Gasteiger charge is -2.29. The number of likely N-dealkylation sites (tertiary alicyclic amines) is 2. The first-order valence-corrected chi connectivity index (χ1v) is 12.0. The number of carbonyl (C=O) groups is 1. The summed E-state index contributed by atoms with van der Waals surface area (Å²) < 4.78 is 2.03. The highest BCUT2D eigenvalue weighted by atomic mass is 16.2. The summed E-state index contributed by atoms with van der Waals surface area (Å²) >= 11 is 0. The summed E-state index contributed by atoms with van der Waals surface area (Å²) in [5.74, 6) is 0.283. The Balaban J connectivity index is 1.38. The first-order chi connectivity index (χ1) is 14.6. The van der Waals surface area contributed by atoms with Crippen LogP contribution in [0.4, 0.5) is 0 Å². The van der Waals surface area contributed by atoms with E-state index >= 15 is 0 Å². The van der Waals surface area contributed by atoms with E-state index in [-0.39, 0.29) is 5.91 Å². The van der Waals surface area contributed by atoms with Gasteiger partial charge in [0, 0.05) is 43.0 Å². The van der Waals surface area contributed by atoms with Crippen LogP contribution in [0.3, 0.4) is 0 Å². The first-order valence-electron chi connectivity index (χ1n) is 12.0. The van der Waals surface area contributed by atoms with E-state index in [0.29, 0.717) is 12.5 Å². The van der Waals surface area contributed by atoms with Crippen molar-refractivity contribution in [1.29, 1.82) is 0 Å². The zero-order valence-corrected chi connectivity index (χ0v) is 18.6. The minimum atomic E-state index is 0.283. The van der Waals surface area contributed by atoms with Crippen molar-refractivity contribution in [1.82, 2.24) is 24.4 Å². The fourth-order valence-electron chi connectivity index (χ4n) is 6.01. The molecule has 6 heteroatoms. The topological polar surface area (TPSA) is 53.7 Å². The standard InChI is InChI=1S/C24H35N5O/c1-17-20(11-12-24(30)27-13-5-6-14-27)18(2)29-23(25-17)16-21(26-29)22-10-7-15-28(22)19-8-3-4-9-19/h16,19,22H,3-15H2,1-2H3. The summed E-state index contributed by atoms with van der Waals surface area (Å²) in [6, 6.07) is 3.39. The van der Waals surface area contributed by atoms with Crippen molar-refractivity contribution in [2.45, 2.75) is 90.1 Å². The average molecular weight is 410 g/mol. The van der Waals surface area contributed by atoms with Crippen LogP contribution in [-0.4, -0.2) is 56.0 Å². The van der Waals surface area contributed by atoms with Gasteiger partial charge in [0.05, 0.1) is 11.7 Å². The molecule has 0 spiro atoms. The number of fused-ring (bicyclic) bond motifs is 1. The minimum absolute atomic E-state index is 0.283. The molecule has 1 atom stereocenters. The molecule has 1 unspecified atom stereocenters. The fraction of sp³-hybridized carbons (Fsp3) is 0.708. The third kappa shape index (κ3) is 3.64. The van der Waals surface area contributed by atoms with Crippen molar-refractivity contribution in [2.75, 3.05) is 19.6 Å². The molecule has 5 rings (SSSR count). The molecular formula is C24H35N5O. The Bertz CT molecular complexity index is 923. The van der Waals surface area contributed by atoms with Crippen LogP contribution in [0.15, 0.2) is 6.07 Å². The molecule has 2 aromatic heterocycles. The van der Waals surface area contributed by atoms with Crippen LogP contribution in [0, 0.1) is 13.8 Å². The Morgan fingerprint density at radius 3 is 2.57 bits per heavy atom. The molecule has 162 valence electrons. The van der Waals surface area contributed by atoms with Gasteiger partial charge in [0.2, 0.25) is 5.91 Å². The maximum atomic E-state index is 12.5. The number of hydrogen-bond acceptors (Lipinski definition) is 4. The maximum Gasteiger partial charge on any atom is 0.222 e. The van der Waals surface area contributed by atoms with Crippen molar-refractivity contribution in [3.8, 4) is 0 Å². The number of carbonyl (C=O) groups excluding carboxylic acids is 1. The Morgan fingerprint density at radius 2 is 1.80 bits per heavy atom. The molecular weight excluding hydrogens is 374 g/mol. The normalized spacial score (nSPS) is 23.3. The van der Waals surface area contributed by atoms with Gasteiger partial charge in [0.15, 0.2) is 5.65 Å². The van der Waals surface area contributed by atoms with E-state index in [4.69, 9.17) is 10.1 Å². The van der Waals surface area contributed by atoms with Crippen LogP contribution in [-0.2, 0) is 11.2 Å². The summed E-state index contributed by atoms with van der Waals surface area (Å²) in [5, 5.41) is 5.04. The maximum absolute atomic E-state index is 12.5. The largest absolute Gasteiger partial charge is 0.343 e. The molecule has 2 aliphatic heterocycles. The van der Waals surface area contributed by atoms with E-state index in [9.17, 15) is 4.79 Å². The molecule has 0 radical (unpaired) electrons. The number of nitrogens with zero attached hydrogens (tertiary/aromatic N) is 5. The van der Waals surface area contributed by atoms with Crippen molar-refractivity contribution in [2.24, 2.45) is 0 Å². The van der Waals surface area contributed by atoms with Crippen LogP contribution >= 0.6 is 0 Å². The first kappa shape index (κ1) is 20.0. The number of aryl methyl sites for hydroxylation is 2. The van der Waals surface area contributed by atoms with Gasteiger partial charge in [-0.3, -0.25) is 9.69 Å². The Labute approximate surface area is 179 Å². The summed E-state index contributed by atoms with van der Waals surface area (Å²) in [6.45, 7) is 7.27. The predicted octanol–water partition coefficient (Wildman–Crippen LogP) is 3.98. The second-order valence-corrected chi connectivity index (χ2v) is 9.52. The molecule has 0 bridgehead atoms. The number of aromatic nitrogens is 3. The van der Waals surface area contributed by atoms with Gasteiger partial charge >= 0.3 is 0 Å². The minimum Gasteiger partial charge on any atom is -0.343 e. The molecule has 1 amide bonds. The molecule has 0 aromatic carbocycles. The van der Waals surface area contributed by atoms with Gasteiger partial charge in [0.25, 0.3) is 0 Å². The lowest BCUT2D eigenvalue weighted by Crippen LogP contribution is -2.32. The van der Waals surface area contributed by atoms with Gasteiger partial charge in [0.1, 0.15) is 0 Å². The van der Waals surface area contributed by atoms with E-state index in [2.05, 4.69) is 24.8 Å². The molecule has 1 saturated carbocycles. The molecule has 0 N–H and O–H groups in total. The molecule has 1 aliphatic carbocycles. The third-order valence-corrected chi connectivity index (χ3v) is 7.66. The van der Waals surface area contributed by atoms with Crippen LogP contribution in [0.25, 0.3) is 5.65 Å². The van der Waals surface area contributed by atoms with Crippen LogP contribution in [0.2, 0.25) is 0 Å². The second-order valence-electron chi connectivity index (χ2n) is 9.52. The predicted molar refractivity (Wildman–Crippen MR) is 118 cm³/mol. The summed E-state index contributed by atoms with van der Waals surface area (Å²) in [5.41, 5.74) is 5.50. The number of amides is 1. The summed E-state index contributed by atoms with van der Waals surface area (Å²) in [6.07, 6.45) is 11.5. The van der Waals surface area contributed by atoms with Gasteiger partial charge in [-0.25, -0.2) is 9.50 Å². The lowest BCUT2D eigenvalue weighted by atomic mass is 10.1. The average Bonchev–Trinajstić information content (AvgIpc) is 3.53. The van der Waals surface area contributed by atoms with Crippen LogP contribution in [0.1, 0.15) is 86.5 Å². The quantitative estimate of drug-likeness (QED) is 0.750. The SMILES string of the molecule is Cc1nc2cc(C3CCCN3C3CCCC3)nn2c(C)c1CCC(=O)N1CCCC1. The Morgan fingerprint density at radius 1 is 1.03 bits per heavy atom. The van der Waals surface area contributed by atoms with E-state index in [1.165, 1.54) is 56.3 Å². The third-order valence-electron chi connectivity index (χ3n) is 7.66. The smallest absolute Gasteiger partial charge is 0.222 e. The Kier molecular flexibility index (Phi) is 5.52. The van der Waals surface area contributed by atoms with Gasteiger partial charge in [-0.05, 0) is 70.9 Å². The lowest BCUT2D eigenvalue weighted by molar-refractivity contribution is -0.130. The molecule has 3 aliphatic rings. The zero-order valence-electron chi connectivity index (χ0n) is 18.6. The van der Waals surface area contributed by atoms with Crippen molar-refractivity contribution >= 4 is 11.6 Å². The van der Waals surface area contributed by atoms with E-state index in [1.54, 1.807) is 0 Å². The molecule has 6 nitrogen and oxygen atoms in total. The van der Waals surface area contributed by atoms with Gasteiger partial charge in [-0.1, -0.05) is 12.8 Å². The zero-order chi connectivity index (χ0) is 20.7. The fourth-order valence-corrected chi connectivity index (χ4v) is 6.01. The molecule has 3 fully saturated rings. The van der Waals surface area contributed by atoms with Crippen molar-refractivity contribution in [3.05, 3.63) is 28.7 Å². The Hall–Kier alpha value is -1.95. The molecule has 4 heterocycles.